The molecule has 21 heavy (non-hydrogen) atoms. The van der Waals surface area contributed by atoms with E-state index in [1.807, 2.05) is 38.3 Å². The Kier molecular flexibility index (Phi) is 3.29. The van der Waals surface area contributed by atoms with Crippen LogP contribution in [0.4, 0.5) is 0 Å². The number of allylic oxidation sites excluding steroid dienone is 1. The molecule has 1 aromatic carbocycles. The van der Waals surface area contributed by atoms with Crippen LogP contribution in [0.15, 0.2) is 41.7 Å². The van der Waals surface area contributed by atoms with Crippen LogP contribution >= 0.6 is 0 Å². The molecule has 1 aromatic heterocycles. The van der Waals surface area contributed by atoms with Crippen molar-refractivity contribution in [1.82, 2.24) is 10.3 Å². The highest BCUT2D eigenvalue weighted by atomic mass is 16.5. The third-order valence-corrected chi connectivity index (χ3v) is 3.62. The van der Waals surface area contributed by atoms with E-state index in [2.05, 4.69) is 22.4 Å². The molecule has 0 aliphatic carbocycles. The fourth-order valence-corrected chi connectivity index (χ4v) is 2.75. The number of hydrogen-bond acceptors (Lipinski definition) is 3. The quantitative estimate of drug-likeness (QED) is 0.656. The number of hydrogen-bond donors (Lipinski definition) is 2. The molecule has 0 saturated carbocycles. The van der Waals surface area contributed by atoms with Crippen LogP contribution in [0.2, 0.25) is 0 Å². The molecule has 3 rings (SSSR count). The zero-order valence-electron chi connectivity index (χ0n) is 12.4. The number of carbonyl (C=O) groups is 1. The molecule has 0 spiro atoms. The average molecular weight is 282 g/mol. The minimum atomic E-state index is -0.357. The smallest absolute Gasteiger partial charge is 0.354 e. The van der Waals surface area contributed by atoms with E-state index in [4.69, 9.17) is 4.74 Å². The Bertz CT molecular complexity index is 764. The Morgan fingerprint density at radius 3 is 2.86 bits per heavy atom. The van der Waals surface area contributed by atoms with Gasteiger partial charge in [-0.3, -0.25) is 0 Å². The topological polar surface area (TPSA) is 54.1 Å². The van der Waals surface area contributed by atoms with E-state index in [-0.39, 0.29) is 12.0 Å². The molecule has 2 N–H and O–H groups in total. The first kappa shape index (κ1) is 13.5. The van der Waals surface area contributed by atoms with Crippen molar-refractivity contribution < 1.29 is 9.53 Å². The molecule has 4 nitrogen and oxygen atoms in total. The summed E-state index contributed by atoms with van der Waals surface area (Å²) in [7, 11) is 1.39. The molecule has 2 heterocycles. The van der Waals surface area contributed by atoms with Crippen LogP contribution in [0.25, 0.3) is 17.0 Å². The van der Waals surface area contributed by atoms with Crippen molar-refractivity contribution in [2.45, 2.75) is 19.9 Å². The average Bonchev–Trinajstić information content (AvgIpc) is 2.80. The van der Waals surface area contributed by atoms with Gasteiger partial charge < -0.3 is 15.0 Å². The van der Waals surface area contributed by atoms with E-state index in [9.17, 15) is 4.79 Å². The van der Waals surface area contributed by atoms with Gasteiger partial charge in [0.1, 0.15) is 5.70 Å². The summed E-state index contributed by atoms with van der Waals surface area (Å²) in [6.07, 6.45) is 5.88. The highest BCUT2D eigenvalue weighted by Crippen LogP contribution is 2.33. The van der Waals surface area contributed by atoms with E-state index in [0.717, 1.165) is 22.0 Å². The van der Waals surface area contributed by atoms with Gasteiger partial charge >= 0.3 is 5.97 Å². The lowest BCUT2D eigenvalue weighted by Crippen LogP contribution is -2.24. The zero-order valence-corrected chi connectivity index (χ0v) is 12.4. The lowest BCUT2D eigenvalue weighted by Gasteiger charge is -2.18. The molecular formula is C17H18N2O2. The Labute approximate surface area is 123 Å². The second-order valence-corrected chi connectivity index (χ2v) is 5.43. The largest absolute Gasteiger partial charge is 0.464 e. The third-order valence-electron chi connectivity index (χ3n) is 3.62. The van der Waals surface area contributed by atoms with Crippen molar-refractivity contribution >= 4 is 22.9 Å². The summed E-state index contributed by atoms with van der Waals surface area (Å²) in [6.45, 7) is 4.10. The van der Waals surface area contributed by atoms with Gasteiger partial charge in [-0.05, 0) is 31.6 Å². The number of esters is 1. The summed E-state index contributed by atoms with van der Waals surface area (Å²) in [5.41, 5.74) is 4.88. The number of benzene rings is 1. The first-order chi connectivity index (χ1) is 10.1. The van der Waals surface area contributed by atoms with Crippen molar-refractivity contribution in [2.24, 2.45) is 0 Å². The van der Waals surface area contributed by atoms with Gasteiger partial charge in [0.15, 0.2) is 0 Å². The fourth-order valence-electron chi connectivity index (χ4n) is 2.75. The molecule has 4 heteroatoms. The Balaban J connectivity index is 2.24. The molecule has 1 aliphatic rings. The van der Waals surface area contributed by atoms with Gasteiger partial charge in [0, 0.05) is 22.7 Å². The fraction of sp³-hybridized carbons (Fsp3) is 0.235. The maximum Gasteiger partial charge on any atom is 0.354 e. The number of carbonyl (C=O) groups excluding carboxylic acids is 1. The maximum absolute atomic E-state index is 12.0. The van der Waals surface area contributed by atoms with Gasteiger partial charge in [0.25, 0.3) is 0 Å². The standard InChI is InChI=1S/C17H18N2O2/c1-10(2)7-14-12-5-4-6-13-16(12)11(9-18-13)8-15(19-14)17(20)21-3/h4-9,14,18-19H,1-3H3/t14-/m1/s1. The van der Waals surface area contributed by atoms with Crippen molar-refractivity contribution in [1.29, 1.82) is 0 Å². The molecule has 1 aliphatic heterocycles. The van der Waals surface area contributed by atoms with Crippen LogP contribution in [0.5, 0.6) is 0 Å². The van der Waals surface area contributed by atoms with Gasteiger partial charge in [-0.15, -0.1) is 0 Å². The summed E-state index contributed by atoms with van der Waals surface area (Å²) >= 11 is 0. The first-order valence-electron chi connectivity index (χ1n) is 6.91. The number of nitrogens with one attached hydrogen (secondary N) is 2. The predicted octanol–water partition coefficient (Wildman–Crippen LogP) is 3.29. The molecule has 2 aromatic rings. The number of methoxy groups -OCH3 is 1. The Morgan fingerprint density at radius 2 is 2.14 bits per heavy atom. The molecule has 0 unspecified atom stereocenters. The molecular weight excluding hydrogens is 264 g/mol. The summed E-state index contributed by atoms with van der Waals surface area (Å²) in [5, 5.41) is 4.43. The van der Waals surface area contributed by atoms with E-state index in [0.29, 0.717) is 5.70 Å². The maximum atomic E-state index is 12.0. The molecule has 0 bridgehead atoms. The number of aromatic nitrogens is 1. The first-order valence-corrected chi connectivity index (χ1v) is 6.91. The van der Waals surface area contributed by atoms with Crippen molar-refractivity contribution in [2.75, 3.05) is 7.11 Å². The van der Waals surface area contributed by atoms with Gasteiger partial charge in [0.2, 0.25) is 0 Å². The van der Waals surface area contributed by atoms with Crippen LogP contribution in [0.3, 0.4) is 0 Å². The van der Waals surface area contributed by atoms with Crippen LogP contribution in [0, 0.1) is 0 Å². The third kappa shape index (κ3) is 2.33. The van der Waals surface area contributed by atoms with Gasteiger partial charge in [-0.1, -0.05) is 23.8 Å². The molecule has 0 amide bonds. The minimum absolute atomic E-state index is 0.0545. The highest BCUT2D eigenvalue weighted by Gasteiger charge is 2.23. The van der Waals surface area contributed by atoms with Crippen LogP contribution in [0.1, 0.15) is 31.0 Å². The van der Waals surface area contributed by atoms with Crippen molar-refractivity contribution in [3.8, 4) is 0 Å². The Hall–Kier alpha value is -2.49. The second-order valence-electron chi connectivity index (χ2n) is 5.43. The van der Waals surface area contributed by atoms with E-state index >= 15 is 0 Å². The van der Waals surface area contributed by atoms with E-state index < -0.39 is 0 Å². The summed E-state index contributed by atoms with van der Waals surface area (Å²) < 4.78 is 4.87. The van der Waals surface area contributed by atoms with Crippen LogP contribution < -0.4 is 5.32 Å². The van der Waals surface area contributed by atoms with Crippen LogP contribution in [-0.4, -0.2) is 18.1 Å². The SMILES string of the molecule is COC(=O)C1=Cc2c[nH]c3cccc(c23)[C@@H](C=C(C)C)N1. The number of H-pyrrole nitrogens is 1. The van der Waals surface area contributed by atoms with Gasteiger partial charge in [-0.2, -0.15) is 0 Å². The number of ether oxygens (including phenoxy) is 1. The van der Waals surface area contributed by atoms with Crippen molar-refractivity contribution in [3.05, 3.63) is 52.9 Å². The summed E-state index contributed by atoms with van der Waals surface area (Å²) in [6, 6.07) is 6.10. The molecule has 0 fully saturated rings. The van der Waals surface area contributed by atoms with E-state index in [1.54, 1.807) is 0 Å². The summed E-state index contributed by atoms with van der Waals surface area (Å²) in [5.74, 6) is -0.357. The highest BCUT2D eigenvalue weighted by molar-refractivity contribution is 6.00. The molecule has 1 atom stereocenters. The normalized spacial score (nSPS) is 16.7. The molecule has 0 saturated heterocycles. The number of aromatic amines is 1. The lowest BCUT2D eigenvalue weighted by atomic mass is 9.99. The van der Waals surface area contributed by atoms with Gasteiger partial charge in [0.05, 0.1) is 13.2 Å². The second kappa shape index (κ2) is 5.13. The summed E-state index contributed by atoms with van der Waals surface area (Å²) in [4.78, 5) is 15.2. The minimum Gasteiger partial charge on any atom is -0.464 e. The van der Waals surface area contributed by atoms with E-state index in [1.165, 1.54) is 12.7 Å². The van der Waals surface area contributed by atoms with Crippen LogP contribution in [-0.2, 0) is 9.53 Å². The zero-order chi connectivity index (χ0) is 15.0. The Morgan fingerprint density at radius 1 is 1.33 bits per heavy atom. The lowest BCUT2D eigenvalue weighted by molar-refractivity contribution is -0.136. The number of rotatable bonds is 2. The monoisotopic (exact) mass is 282 g/mol. The predicted molar refractivity (Wildman–Crippen MR) is 83.6 cm³/mol. The van der Waals surface area contributed by atoms with Crippen molar-refractivity contribution in [3.63, 3.8) is 0 Å². The van der Waals surface area contributed by atoms with Gasteiger partial charge in [-0.25, -0.2) is 4.79 Å². The molecule has 108 valence electrons. The molecule has 0 radical (unpaired) electrons.